The van der Waals surface area contributed by atoms with Crippen molar-refractivity contribution in [2.24, 2.45) is 5.92 Å². The lowest BCUT2D eigenvalue weighted by Gasteiger charge is -2.22. The van der Waals surface area contributed by atoms with Crippen molar-refractivity contribution < 1.29 is 9.53 Å². The van der Waals surface area contributed by atoms with Crippen LogP contribution in [0.15, 0.2) is 54.9 Å². The summed E-state index contributed by atoms with van der Waals surface area (Å²) in [6.07, 6.45) is 1.11. The van der Waals surface area contributed by atoms with E-state index in [0.717, 1.165) is 0 Å². The van der Waals surface area contributed by atoms with Gasteiger partial charge in [0.2, 0.25) is 0 Å². The van der Waals surface area contributed by atoms with E-state index >= 15 is 0 Å². The molecule has 28 heavy (non-hydrogen) atoms. The van der Waals surface area contributed by atoms with Crippen LogP contribution in [0.3, 0.4) is 0 Å². The molecule has 7 nitrogen and oxygen atoms in total. The molecule has 0 radical (unpaired) electrons. The molecule has 0 unspecified atom stereocenters. The van der Waals surface area contributed by atoms with Crippen LogP contribution in [0.25, 0.3) is 11.1 Å². The summed E-state index contributed by atoms with van der Waals surface area (Å²) in [5.41, 5.74) is 4.83. The molecule has 0 saturated heterocycles. The summed E-state index contributed by atoms with van der Waals surface area (Å²) in [6.45, 7) is 4.88. The van der Waals surface area contributed by atoms with Gasteiger partial charge in [-0.2, -0.15) is 0 Å². The molecule has 1 aliphatic rings. The molecular formula is C21H23N5O2. The fraction of sp³-hybridized carbons (Fsp3) is 0.333. The third kappa shape index (κ3) is 3.60. The molecule has 3 aromatic rings. The summed E-state index contributed by atoms with van der Waals surface area (Å²) in [4.78, 5) is 12.5. The molecule has 1 N–H and O–H groups in total. The van der Waals surface area contributed by atoms with E-state index in [4.69, 9.17) is 4.74 Å². The molecule has 1 aliphatic carbocycles. The van der Waals surface area contributed by atoms with Crippen molar-refractivity contribution in [1.82, 2.24) is 25.5 Å². The Hall–Kier alpha value is -3.22. The minimum absolute atomic E-state index is 0.0511. The van der Waals surface area contributed by atoms with E-state index in [9.17, 15) is 4.79 Å². The minimum Gasteiger partial charge on any atom is -0.449 e. The van der Waals surface area contributed by atoms with Gasteiger partial charge in [-0.25, -0.2) is 9.48 Å². The van der Waals surface area contributed by atoms with Crippen molar-refractivity contribution >= 4 is 6.09 Å². The number of nitrogens with zero attached hydrogens (tertiary/aromatic N) is 4. The number of carbonyl (C=O) groups excluding carboxylic acids is 1. The summed E-state index contributed by atoms with van der Waals surface area (Å²) in [6, 6.07) is 16.5. The van der Waals surface area contributed by atoms with Gasteiger partial charge in [0, 0.05) is 5.92 Å². The van der Waals surface area contributed by atoms with Gasteiger partial charge in [-0.3, -0.25) is 0 Å². The predicted molar refractivity (Wildman–Crippen MR) is 105 cm³/mol. The topological polar surface area (TPSA) is 81.9 Å². The van der Waals surface area contributed by atoms with Gasteiger partial charge < -0.3 is 10.1 Å². The van der Waals surface area contributed by atoms with E-state index in [1.54, 1.807) is 4.68 Å². The molecule has 1 heterocycles. The van der Waals surface area contributed by atoms with Crippen molar-refractivity contribution in [3.63, 3.8) is 0 Å². The monoisotopic (exact) mass is 377 g/mol. The van der Waals surface area contributed by atoms with Gasteiger partial charge in [-0.1, -0.05) is 62.4 Å². The van der Waals surface area contributed by atoms with Crippen molar-refractivity contribution in [2.75, 3.05) is 6.61 Å². The Morgan fingerprint density at radius 1 is 1.11 bits per heavy atom. The third-order valence-electron chi connectivity index (χ3n) is 5.23. The number of aromatic nitrogens is 4. The summed E-state index contributed by atoms with van der Waals surface area (Å²) in [5, 5.41) is 14.1. The molecular weight excluding hydrogens is 354 g/mol. The molecule has 2 aromatic carbocycles. The predicted octanol–water partition coefficient (Wildman–Crippen LogP) is 3.24. The first-order valence-electron chi connectivity index (χ1n) is 9.45. The van der Waals surface area contributed by atoms with Gasteiger partial charge in [0.25, 0.3) is 0 Å². The first kappa shape index (κ1) is 18.2. The molecule has 0 fully saturated rings. The molecule has 0 bridgehead atoms. The Morgan fingerprint density at radius 2 is 1.75 bits per heavy atom. The maximum Gasteiger partial charge on any atom is 0.407 e. The number of rotatable bonds is 6. The highest BCUT2D eigenvalue weighted by molar-refractivity contribution is 5.79. The van der Waals surface area contributed by atoms with Crippen LogP contribution in [0.4, 0.5) is 4.79 Å². The quantitative estimate of drug-likeness (QED) is 0.713. The first-order chi connectivity index (χ1) is 13.6. The van der Waals surface area contributed by atoms with Gasteiger partial charge in [0.05, 0.1) is 12.6 Å². The van der Waals surface area contributed by atoms with Crippen LogP contribution >= 0.6 is 0 Å². The molecule has 4 rings (SSSR count). The first-order valence-corrected chi connectivity index (χ1v) is 9.45. The number of hydrogen-bond donors (Lipinski definition) is 1. The SMILES string of the molecule is CC(C)[C@@H](Cn1cnnn1)NC(=O)OCC1c2ccccc2-c2ccccc21. The highest BCUT2D eigenvalue weighted by atomic mass is 16.5. The lowest BCUT2D eigenvalue weighted by molar-refractivity contribution is 0.134. The van der Waals surface area contributed by atoms with Crippen LogP contribution < -0.4 is 5.32 Å². The summed E-state index contributed by atoms with van der Waals surface area (Å²) >= 11 is 0. The van der Waals surface area contributed by atoms with Gasteiger partial charge in [0.1, 0.15) is 12.9 Å². The maximum atomic E-state index is 12.5. The van der Waals surface area contributed by atoms with Gasteiger partial charge in [-0.15, -0.1) is 5.10 Å². The number of hydrogen-bond acceptors (Lipinski definition) is 5. The average molecular weight is 377 g/mol. The van der Waals surface area contributed by atoms with Crippen molar-refractivity contribution in [3.8, 4) is 11.1 Å². The summed E-state index contributed by atoms with van der Waals surface area (Å²) < 4.78 is 7.23. The van der Waals surface area contributed by atoms with E-state index in [1.807, 2.05) is 38.1 Å². The van der Waals surface area contributed by atoms with E-state index in [-0.39, 0.29) is 17.9 Å². The number of carbonyl (C=O) groups is 1. The largest absolute Gasteiger partial charge is 0.449 e. The van der Waals surface area contributed by atoms with Gasteiger partial charge in [0.15, 0.2) is 0 Å². The lowest BCUT2D eigenvalue weighted by Crippen LogP contribution is -2.42. The van der Waals surface area contributed by atoms with E-state index in [2.05, 4.69) is 45.1 Å². The molecule has 144 valence electrons. The Labute approximate surface area is 163 Å². The molecule has 0 spiro atoms. The van der Waals surface area contributed by atoms with Crippen LogP contribution in [-0.4, -0.2) is 38.9 Å². The Bertz CT molecular complexity index is 909. The molecule has 1 amide bonds. The highest BCUT2D eigenvalue weighted by Crippen LogP contribution is 2.44. The zero-order valence-corrected chi connectivity index (χ0v) is 15.9. The number of fused-ring (bicyclic) bond motifs is 3. The van der Waals surface area contributed by atoms with Crippen molar-refractivity contribution in [3.05, 3.63) is 66.0 Å². The smallest absolute Gasteiger partial charge is 0.407 e. The highest BCUT2D eigenvalue weighted by Gasteiger charge is 2.29. The second-order valence-corrected chi connectivity index (χ2v) is 7.35. The van der Waals surface area contributed by atoms with Crippen molar-refractivity contribution in [2.45, 2.75) is 32.4 Å². The fourth-order valence-electron chi connectivity index (χ4n) is 3.68. The standard InChI is InChI=1S/C21H23N5O2/c1-14(2)20(11-26-13-22-24-25-26)23-21(27)28-12-19-17-9-5-3-7-15(17)16-8-4-6-10-18(16)19/h3-10,13-14,19-20H,11-12H2,1-2H3,(H,23,27)/t20-/m1/s1. The lowest BCUT2D eigenvalue weighted by atomic mass is 9.98. The zero-order valence-electron chi connectivity index (χ0n) is 15.9. The Morgan fingerprint density at radius 3 is 2.32 bits per heavy atom. The van der Waals surface area contributed by atoms with E-state index < -0.39 is 6.09 Å². The summed E-state index contributed by atoms with van der Waals surface area (Å²) in [7, 11) is 0. The van der Waals surface area contributed by atoms with Crippen LogP contribution in [0.1, 0.15) is 30.9 Å². The Kier molecular flexibility index (Phi) is 5.06. The van der Waals surface area contributed by atoms with Gasteiger partial charge in [-0.05, 0) is 38.6 Å². The summed E-state index contributed by atoms with van der Waals surface area (Å²) in [5.74, 6) is 0.264. The zero-order chi connectivity index (χ0) is 19.5. The fourth-order valence-corrected chi connectivity index (χ4v) is 3.68. The number of tetrazole rings is 1. The molecule has 1 aromatic heterocycles. The number of alkyl carbamates (subject to hydrolysis) is 1. The van der Waals surface area contributed by atoms with Crippen molar-refractivity contribution in [1.29, 1.82) is 0 Å². The second kappa shape index (κ2) is 7.80. The van der Waals surface area contributed by atoms with Crippen LogP contribution in [-0.2, 0) is 11.3 Å². The number of nitrogens with one attached hydrogen (secondary N) is 1. The average Bonchev–Trinajstić information content (AvgIpc) is 3.32. The molecule has 0 saturated carbocycles. The number of benzene rings is 2. The normalized spacial score (nSPS) is 13.8. The maximum absolute atomic E-state index is 12.5. The second-order valence-electron chi connectivity index (χ2n) is 7.35. The minimum atomic E-state index is -0.423. The van der Waals surface area contributed by atoms with Crippen LogP contribution in [0.2, 0.25) is 0 Å². The van der Waals surface area contributed by atoms with E-state index in [0.29, 0.717) is 13.2 Å². The van der Waals surface area contributed by atoms with Crippen LogP contribution in [0, 0.1) is 5.92 Å². The molecule has 1 atom stereocenters. The molecule has 0 aliphatic heterocycles. The third-order valence-corrected chi connectivity index (χ3v) is 5.23. The number of amides is 1. The van der Waals surface area contributed by atoms with Crippen LogP contribution in [0.5, 0.6) is 0 Å². The van der Waals surface area contributed by atoms with Gasteiger partial charge >= 0.3 is 6.09 Å². The number of ether oxygens (including phenoxy) is 1. The van der Waals surface area contributed by atoms with E-state index in [1.165, 1.54) is 28.6 Å². The molecule has 7 heteroatoms. The Balaban J connectivity index is 1.43.